The van der Waals surface area contributed by atoms with E-state index in [0.29, 0.717) is 6.07 Å². The third-order valence-corrected chi connectivity index (χ3v) is 1.47. The van der Waals surface area contributed by atoms with Gasteiger partial charge in [-0.1, -0.05) is 0 Å². The maximum Gasteiger partial charge on any atom is 0.315 e. The summed E-state index contributed by atoms with van der Waals surface area (Å²) >= 11 is 0. The van der Waals surface area contributed by atoms with Gasteiger partial charge >= 0.3 is 11.7 Å². The molecule has 0 bridgehead atoms. The van der Waals surface area contributed by atoms with Crippen LogP contribution in [0.25, 0.3) is 0 Å². The van der Waals surface area contributed by atoms with Gasteiger partial charge in [0.25, 0.3) is 0 Å². The molecule has 0 aliphatic heterocycles. The molecule has 0 atom stereocenters. The number of hydrogen-bond acceptors (Lipinski definition) is 4. The normalized spacial score (nSPS) is 9.80. The zero-order chi connectivity index (χ0) is 11.6. The monoisotopic (exact) mass is 217 g/mol. The number of nitro groups is 1. The van der Waals surface area contributed by atoms with Crippen molar-refractivity contribution in [1.29, 1.82) is 0 Å². The molecule has 1 rings (SSSR count). The van der Waals surface area contributed by atoms with E-state index in [4.69, 9.17) is 0 Å². The Hall–Kier alpha value is -2.05. The molecule has 1 aromatic rings. The lowest BCUT2D eigenvalue weighted by molar-refractivity contribution is -0.385. The fourth-order valence-corrected chi connectivity index (χ4v) is 0.906. The predicted molar refractivity (Wildman–Crippen MR) is 44.3 cm³/mol. The van der Waals surface area contributed by atoms with Crippen molar-refractivity contribution < 1.29 is 23.2 Å². The average molecular weight is 217 g/mol. The topological polar surface area (TPSA) is 69.4 Å². The van der Waals surface area contributed by atoms with E-state index in [1.807, 2.05) is 0 Å². The van der Waals surface area contributed by atoms with Gasteiger partial charge in [0, 0.05) is 13.0 Å². The van der Waals surface area contributed by atoms with Crippen molar-refractivity contribution in [2.24, 2.45) is 0 Å². The number of carbonyl (C=O) groups is 1. The van der Waals surface area contributed by atoms with E-state index in [-0.39, 0.29) is 0 Å². The van der Waals surface area contributed by atoms with E-state index in [0.717, 1.165) is 13.0 Å². The first kappa shape index (κ1) is 11.0. The lowest BCUT2D eigenvalue weighted by Crippen LogP contribution is -2.07. The first-order valence-electron chi connectivity index (χ1n) is 3.74. The third kappa shape index (κ3) is 2.25. The van der Waals surface area contributed by atoms with Gasteiger partial charge < -0.3 is 4.74 Å². The van der Waals surface area contributed by atoms with Crippen molar-refractivity contribution in [3.05, 3.63) is 33.9 Å². The molecule has 80 valence electrons. The molecule has 0 saturated carbocycles. The molecule has 0 aromatic heterocycles. The number of nitrogens with zero attached hydrogens (tertiary/aromatic N) is 1. The van der Waals surface area contributed by atoms with Gasteiger partial charge in [-0.05, 0) is 6.07 Å². The Kier molecular flexibility index (Phi) is 2.93. The Bertz CT molecular complexity index is 433. The second-order valence-corrected chi connectivity index (χ2v) is 2.56. The highest BCUT2D eigenvalue weighted by Crippen LogP contribution is 2.31. The number of nitro benzene ring substituents is 1. The Morgan fingerprint density at radius 1 is 1.47 bits per heavy atom. The van der Waals surface area contributed by atoms with E-state index in [2.05, 4.69) is 4.74 Å². The van der Waals surface area contributed by atoms with Gasteiger partial charge in [-0.25, -0.2) is 4.39 Å². The molecule has 0 spiro atoms. The SMILES string of the molecule is CC(=O)Oc1c([N+](=O)[O-])ccc(F)c1F. The lowest BCUT2D eigenvalue weighted by Gasteiger charge is -2.03. The van der Waals surface area contributed by atoms with Crippen LogP contribution in [0.4, 0.5) is 14.5 Å². The molecule has 0 N–H and O–H groups in total. The minimum absolute atomic E-state index is 0.584. The molecule has 5 nitrogen and oxygen atoms in total. The van der Waals surface area contributed by atoms with Gasteiger partial charge in [0.05, 0.1) is 4.92 Å². The van der Waals surface area contributed by atoms with Gasteiger partial charge in [0.1, 0.15) is 0 Å². The van der Waals surface area contributed by atoms with Crippen molar-refractivity contribution in [3.63, 3.8) is 0 Å². The minimum Gasteiger partial charge on any atom is -0.416 e. The molecule has 0 aliphatic rings. The summed E-state index contributed by atoms with van der Waals surface area (Å²) in [5, 5.41) is 10.4. The highest BCUT2D eigenvalue weighted by Gasteiger charge is 2.24. The second-order valence-electron chi connectivity index (χ2n) is 2.56. The van der Waals surface area contributed by atoms with Crippen molar-refractivity contribution in [3.8, 4) is 5.75 Å². The van der Waals surface area contributed by atoms with Crippen LogP contribution in [-0.2, 0) is 4.79 Å². The molecule has 7 heteroatoms. The van der Waals surface area contributed by atoms with Crippen molar-refractivity contribution in [2.45, 2.75) is 6.92 Å². The number of benzene rings is 1. The maximum atomic E-state index is 13.0. The third-order valence-electron chi connectivity index (χ3n) is 1.47. The smallest absolute Gasteiger partial charge is 0.315 e. The number of ether oxygens (including phenoxy) is 1. The van der Waals surface area contributed by atoms with Crippen LogP contribution in [-0.4, -0.2) is 10.9 Å². The van der Waals surface area contributed by atoms with Crippen LogP contribution in [0.1, 0.15) is 6.92 Å². The molecule has 0 amide bonds. The number of halogens is 2. The first-order valence-corrected chi connectivity index (χ1v) is 3.74. The van der Waals surface area contributed by atoms with Crippen molar-refractivity contribution in [1.82, 2.24) is 0 Å². The standard InChI is InChI=1S/C8H5F2NO4/c1-4(12)15-8-6(11(13)14)3-2-5(9)7(8)10/h2-3H,1H3. The number of carbonyl (C=O) groups excluding carboxylic acids is 1. The Morgan fingerprint density at radius 3 is 2.53 bits per heavy atom. The van der Waals surface area contributed by atoms with Crippen LogP contribution in [0.15, 0.2) is 12.1 Å². The van der Waals surface area contributed by atoms with Crippen LogP contribution in [0.3, 0.4) is 0 Å². The molecule has 0 heterocycles. The molecule has 0 aliphatic carbocycles. The van der Waals surface area contributed by atoms with E-state index < -0.39 is 34.0 Å². The summed E-state index contributed by atoms with van der Waals surface area (Å²) in [7, 11) is 0. The summed E-state index contributed by atoms with van der Waals surface area (Å²) in [6.45, 7) is 0.925. The summed E-state index contributed by atoms with van der Waals surface area (Å²) < 4.78 is 29.9. The van der Waals surface area contributed by atoms with Gasteiger partial charge in [-0.15, -0.1) is 0 Å². The highest BCUT2D eigenvalue weighted by molar-refractivity contribution is 5.71. The van der Waals surface area contributed by atoms with Gasteiger partial charge in [0.2, 0.25) is 11.6 Å². The first-order chi connectivity index (χ1) is 6.93. The van der Waals surface area contributed by atoms with Crippen LogP contribution in [0.5, 0.6) is 5.75 Å². The highest BCUT2D eigenvalue weighted by atomic mass is 19.2. The van der Waals surface area contributed by atoms with E-state index in [9.17, 15) is 23.7 Å². The summed E-state index contributed by atoms with van der Waals surface area (Å²) in [6.07, 6.45) is 0. The molecule has 0 fully saturated rings. The van der Waals surface area contributed by atoms with Crippen LogP contribution >= 0.6 is 0 Å². The zero-order valence-corrected chi connectivity index (χ0v) is 7.49. The van der Waals surface area contributed by atoms with Gasteiger partial charge in [-0.3, -0.25) is 14.9 Å². The Morgan fingerprint density at radius 2 is 2.07 bits per heavy atom. The van der Waals surface area contributed by atoms with Gasteiger partial charge in [-0.2, -0.15) is 4.39 Å². The predicted octanol–water partition coefficient (Wildman–Crippen LogP) is 1.80. The average Bonchev–Trinajstić information content (AvgIpc) is 2.12. The molecule has 1 aromatic carbocycles. The fraction of sp³-hybridized carbons (Fsp3) is 0.125. The van der Waals surface area contributed by atoms with Crippen LogP contribution in [0.2, 0.25) is 0 Å². The summed E-state index contributed by atoms with van der Waals surface area (Å²) in [5.41, 5.74) is -0.802. The maximum absolute atomic E-state index is 13.0. The van der Waals surface area contributed by atoms with Crippen LogP contribution in [0, 0.1) is 21.7 Å². The molecule has 0 unspecified atom stereocenters. The molecule has 0 radical (unpaired) electrons. The minimum atomic E-state index is -1.56. The summed E-state index contributed by atoms with van der Waals surface area (Å²) in [5.74, 6) is -4.86. The zero-order valence-electron chi connectivity index (χ0n) is 7.49. The fourth-order valence-electron chi connectivity index (χ4n) is 0.906. The van der Waals surface area contributed by atoms with Gasteiger partial charge in [0.15, 0.2) is 5.82 Å². The second kappa shape index (κ2) is 3.99. The van der Waals surface area contributed by atoms with E-state index in [1.54, 1.807) is 0 Å². The summed E-state index contributed by atoms with van der Waals surface area (Å²) in [6, 6.07) is 1.30. The summed E-state index contributed by atoms with van der Waals surface area (Å²) in [4.78, 5) is 19.9. The van der Waals surface area contributed by atoms with Crippen molar-refractivity contribution >= 4 is 11.7 Å². The molecular formula is C8H5F2NO4. The van der Waals surface area contributed by atoms with Crippen molar-refractivity contribution in [2.75, 3.05) is 0 Å². The Balaban J connectivity index is 3.34. The molecule has 15 heavy (non-hydrogen) atoms. The van der Waals surface area contributed by atoms with E-state index in [1.165, 1.54) is 0 Å². The number of rotatable bonds is 2. The quantitative estimate of drug-likeness (QED) is 0.328. The van der Waals surface area contributed by atoms with Crippen LogP contribution < -0.4 is 4.74 Å². The largest absolute Gasteiger partial charge is 0.416 e. The van der Waals surface area contributed by atoms with E-state index >= 15 is 0 Å². The number of hydrogen-bond donors (Lipinski definition) is 0. The molecule has 0 saturated heterocycles. The Labute approximate surface area is 82.4 Å². The lowest BCUT2D eigenvalue weighted by atomic mass is 10.2. The molecular weight excluding hydrogens is 212 g/mol. The number of esters is 1.